The van der Waals surface area contributed by atoms with E-state index in [1.165, 1.54) is 0 Å². The molecule has 1 atom stereocenters. The first-order valence-electron chi connectivity index (χ1n) is 5.18. The van der Waals surface area contributed by atoms with Gasteiger partial charge in [0.15, 0.2) is 0 Å². The van der Waals surface area contributed by atoms with E-state index in [0.717, 1.165) is 5.69 Å². The fourth-order valence-corrected chi connectivity index (χ4v) is 2.09. The lowest BCUT2D eigenvalue weighted by molar-refractivity contribution is 0.650. The monoisotopic (exact) mass is 317 g/mol. The predicted octanol–water partition coefficient (Wildman–Crippen LogP) is 2.82. The van der Waals surface area contributed by atoms with Gasteiger partial charge < -0.3 is 0 Å². The molecule has 0 radical (unpaired) electrons. The van der Waals surface area contributed by atoms with Gasteiger partial charge in [-0.1, -0.05) is 0 Å². The van der Waals surface area contributed by atoms with E-state index in [4.69, 9.17) is 0 Å². The van der Waals surface area contributed by atoms with Crippen LogP contribution < -0.4 is 0 Å². The molecule has 1 unspecified atom stereocenters. The zero-order valence-electron chi connectivity index (χ0n) is 10.6. The van der Waals surface area contributed by atoms with Crippen molar-refractivity contribution < 1.29 is 4.21 Å². The summed E-state index contributed by atoms with van der Waals surface area (Å²) in [5, 5.41) is 0. The molecule has 0 aliphatic carbocycles. The Balaban J connectivity index is 3.09. The van der Waals surface area contributed by atoms with Crippen LogP contribution in [-0.4, -0.2) is 24.6 Å². The molecule has 4 nitrogen and oxygen atoms in total. The number of aromatic nitrogens is 2. The van der Waals surface area contributed by atoms with Gasteiger partial charge >= 0.3 is 0 Å². The highest BCUT2D eigenvalue weighted by Crippen LogP contribution is 2.15. The highest BCUT2D eigenvalue weighted by Gasteiger charge is 2.19. The number of hydrogen-bond donors (Lipinski definition) is 0. The highest BCUT2D eigenvalue weighted by molar-refractivity contribution is 9.10. The SMILES string of the molecule is C/C(=N\S(=O)C(C)(C)C)c1ncc(Br)nc1C. The van der Waals surface area contributed by atoms with E-state index >= 15 is 0 Å². The van der Waals surface area contributed by atoms with Crippen molar-refractivity contribution in [1.82, 2.24) is 9.97 Å². The molecular formula is C11H16BrN3OS. The van der Waals surface area contributed by atoms with Gasteiger partial charge in [-0.05, 0) is 50.5 Å². The van der Waals surface area contributed by atoms with Crippen molar-refractivity contribution in [2.45, 2.75) is 39.4 Å². The maximum Gasteiger partial charge on any atom is 0.145 e. The van der Waals surface area contributed by atoms with Crippen LogP contribution in [0.4, 0.5) is 0 Å². The first-order valence-corrected chi connectivity index (χ1v) is 7.08. The normalized spacial score (nSPS) is 14.8. The third-order valence-electron chi connectivity index (χ3n) is 2.00. The molecule has 0 aromatic carbocycles. The molecule has 94 valence electrons. The Labute approximate surface area is 113 Å². The second-order valence-corrected chi connectivity index (χ2v) is 7.38. The molecule has 1 rings (SSSR count). The summed E-state index contributed by atoms with van der Waals surface area (Å²) in [4.78, 5) is 8.48. The minimum atomic E-state index is -1.27. The van der Waals surface area contributed by atoms with Crippen molar-refractivity contribution in [2.75, 3.05) is 0 Å². The third-order valence-corrected chi connectivity index (χ3v) is 3.87. The fourth-order valence-electron chi connectivity index (χ4n) is 1.11. The van der Waals surface area contributed by atoms with Crippen LogP contribution in [0, 0.1) is 6.92 Å². The zero-order valence-corrected chi connectivity index (χ0v) is 13.0. The van der Waals surface area contributed by atoms with Crippen molar-refractivity contribution in [3.63, 3.8) is 0 Å². The van der Waals surface area contributed by atoms with Gasteiger partial charge in [0.1, 0.15) is 21.3 Å². The number of hydrogen-bond acceptors (Lipinski definition) is 3. The first kappa shape index (κ1) is 14.4. The average Bonchev–Trinajstić information content (AvgIpc) is 2.15. The summed E-state index contributed by atoms with van der Waals surface area (Å²) in [5.41, 5.74) is 2.10. The van der Waals surface area contributed by atoms with Gasteiger partial charge in [0, 0.05) is 0 Å². The van der Waals surface area contributed by atoms with Crippen molar-refractivity contribution in [2.24, 2.45) is 4.40 Å². The molecule has 0 N–H and O–H groups in total. The Morgan fingerprint density at radius 3 is 2.53 bits per heavy atom. The largest absolute Gasteiger partial charge is 0.250 e. The Morgan fingerprint density at radius 1 is 1.47 bits per heavy atom. The molecule has 0 fully saturated rings. The molecule has 0 aliphatic rings. The Morgan fingerprint density at radius 2 is 2.06 bits per heavy atom. The lowest BCUT2D eigenvalue weighted by Crippen LogP contribution is -2.21. The average molecular weight is 318 g/mol. The van der Waals surface area contributed by atoms with Crippen molar-refractivity contribution in [3.8, 4) is 0 Å². The summed E-state index contributed by atoms with van der Waals surface area (Å²) in [7, 11) is -1.27. The van der Waals surface area contributed by atoms with E-state index in [1.54, 1.807) is 13.1 Å². The summed E-state index contributed by atoms with van der Waals surface area (Å²) in [6, 6.07) is 0. The van der Waals surface area contributed by atoms with E-state index in [0.29, 0.717) is 16.0 Å². The van der Waals surface area contributed by atoms with E-state index < -0.39 is 11.0 Å². The molecule has 0 aliphatic heterocycles. The number of nitrogens with zero attached hydrogens (tertiary/aromatic N) is 3. The Hall–Kier alpha value is -0.620. The van der Waals surface area contributed by atoms with Crippen LogP contribution in [0.25, 0.3) is 0 Å². The minimum Gasteiger partial charge on any atom is -0.250 e. The van der Waals surface area contributed by atoms with E-state index in [2.05, 4.69) is 30.3 Å². The van der Waals surface area contributed by atoms with Crippen LogP contribution in [0.2, 0.25) is 0 Å². The molecule has 1 aromatic rings. The third kappa shape index (κ3) is 3.96. The molecule has 6 heteroatoms. The first-order chi connectivity index (χ1) is 7.71. The van der Waals surface area contributed by atoms with Gasteiger partial charge in [-0.3, -0.25) is 4.98 Å². The van der Waals surface area contributed by atoms with E-state index in [9.17, 15) is 4.21 Å². The summed E-state index contributed by atoms with van der Waals surface area (Å²) >= 11 is 3.25. The topological polar surface area (TPSA) is 55.2 Å². The van der Waals surface area contributed by atoms with Gasteiger partial charge in [-0.2, -0.15) is 4.40 Å². The standard InChI is InChI=1S/C11H16BrN3OS/c1-7-10(13-6-9(12)14-7)8(2)15-17(16)11(3,4)5/h6H,1-5H3/b15-8+. The molecule has 0 saturated heterocycles. The predicted molar refractivity (Wildman–Crippen MR) is 74.6 cm³/mol. The van der Waals surface area contributed by atoms with Crippen molar-refractivity contribution >= 4 is 32.6 Å². The maximum atomic E-state index is 11.9. The fraction of sp³-hybridized carbons (Fsp3) is 0.545. The van der Waals surface area contributed by atoms with E-state index in [1.807, 2.05) is 27.7 Å². The second-order valence-electron chi connectivity index (χ2n) is 4.66. The van der Waals surface area contributed by atoms with Gasteiger partial charge in [0.05, 0.1) is 22.3 Å². The zero-order chi connectivity index (χ0) is 13.2. The molecular weight excluding hydrogens is 302 g/mol. The van der Waals surface area contributed by atoms with Crippen LogP contribution in [0.15, 0.2) is 15.2 Å². The Kier molecular flexibility index (Phi) is 4.55. The summed E-state index contributed by atoms with van der Waals surface area (Å²) in [5.74, 6) is 0. The number of rotatable bonds is 2. The molecule has 1 heterocycles. The van der Waals surface area contributed by atoms with Gasteiger partial charge in [-0.25, -0.2) is 9.19 Å². The molecule has 0 saturated carbocycles. The van der Waals surface area contributed by atoms with Gasteiger partial charge in [0.2, 0.25) is 0 Å². The van der Waals surface area contributed by atoms with E-state index in [-0.39, 0.29) is 4.75 Å². The van der Waals surface area contributed by atoms with Crippen molar-refractivity contribution in [3.05, 3.63) is 22.2 Å². The summed E-state index contributed by atoms with van der Waals surface area (Å²) in [6.45, 7) is 9.32. The molecule has 0 bridgehead atoms. The highest BCUT2D eigenvalue weighted by atomic mass is 79.9. The summed E-state index contributed by atoms with van der Waals surface area (Å²) < 4.78 is 16.4. The second kappa shape index (κ2) is 5.35. The molecule has 0 amide bonds. The van der Waals surface area contributed by atoms with Crippen LogP contribution >= 0.6 is 15.9 Å². The van der Waals surface area contributed by atoms with Gasteiger partial charge in [0.25, 0.3) is 0 Å². The molecule has 1 aromatic heterocycles. The quantitative estimate of drug-likeness (QED) is 0.788. The minimum absolute atomic E-state index is 0.363. The smallest absolute Gasteiger partial charge is 0.145 e. The van der Waals surface area contributed by atoms with Crippen molar-refractivity contribution in [1.29, 1.82) is 0 Å². The van der Waals surface area contributed by atoms with Gasteiger partial charge in [-0.15, -0.1) is 0 Å². The number of aryl methyl sites for hydroxylation is 1. The van der Waals surface area contributed by atoms with Crippen LogP contribution in [0.3, 0.4) is 0 Å². The van der Waals surface area contributed by atoms with Crippen LogP contribution in [0.1, 0.15) is 39.1 Å². The molecule has 0 spiro atoms. The van der Waals surface area contributed by atoms with Crippen LogP contribution in [-0.2, 0) is 11.0 Å². The molecule has 17 heavy (non-hydrogen) atoms. The lowest BCUT2D eigenvalue weighted by Gasteiger charge is -2.14. The Bertz CT molecular complexity index is 480. The van der Waals surface area contributed by atoms with Crippen LogP contribution in [0.5, 0.6) is 0 Å². The lowest BCUT2D eigenvalue weighted by atomic mass is 10.2. The number of halogens is 1. The maximum absolute atomic E-state index is 11.9. The summed E-state index contributed by atoms with van der Waals surface area (Å²) in [6.07, 6.45) is 1.61.